The molecule has 28 heavy (non-hydrogen) atoms. The van der Waals surface area contributed by atoms with Crippen LogP contribution >= 0.6 is 0 Å². The van der Waals surface area contributed by atoms with Gasteiger partial charge < -0.3 is 14.8 Å². The summed E-state index contributed by atoms with van der Waals surface area (Å²) in [5.74, 6) is -0.647. The summed E-state index contributed by atoms with van der Waals surface area (Å²) in [4.78, 5) is 30.6. The monoisotopic (exact) mass is 397 g/mol. The Balaban J connectivity index is 1.69. The Morgan fingerprint density at radius 1 is 1.36 bits per heavy atom. The molecule has 1 aliphatic heterocycles. The molecule has 10 heteroatoms. The smallest absolute Gasteiger partial charge is 0.416 e. The molecule has 0 aliphatic carbocycles. The van der Waals surface area contributed by atoms with E-state index in [1.165, 1.54) is 12.1 Å². The summed E-state index contributed by atoms with van der Waals surface area (Å²) in [7, 11) is 0. The number of halogens is 3. The number of alkyl halides is 3. The van der Waals surface area contributed by atoms with Crippen molar-refractivity contribution in [1.82, 2.24) is 15.3 Å². The number of hydrogen-bond donors (Lipinski definition) is 2. The molecule has 1 fully saturated rings. The molecule has 150 valence electrons. The molecular formula is C18H18F3N3O4. The Hall–Kier alpha value is -2.88. The molecule has 1 aromatic heterocycles. The standard InChI is InChI=1S/C18H18F3N3O4/c1-10(11-2-4-12(5-3-11)18(19,20)21)22-16(26)14-8-15(25)24-17(23-14)28-13-6-7-27-9-13/h2-5,8,10,13H,6-7,9H2,1H3,(H,22,26)(H,23,24,25). The summed E-state index contributed by atoms with van der Waals surface area (Å²) >= 11 is 0. The predicted octanol–water partition coefficient (Wildman–Crippen LogP) is 2.45. The third kappa shape index (κ3) is 4.89. The highest BCUT2D eigenvalue weighted by Crippen LogP contribution is 2.29. The first-order valence-electron chi connectivity index (χ1n) is 8.56. The van der Waals surface area contributed by atoms with Gasteiger partial charge in [0.05, 0.1) is 24.8 Å². The molecule has 0 bridgehead atoms. The lowest BCUT2D eigenvalue weighted by Gasteiger charge is -2.16. The Kier molecular flexibility index (Phi) is 5.68. The normalized spacial score (nSPS) is 17.9. The average Bonchev–Trinajstić information content (AvgIpc) is 3.13. The van der Waals surface area contributed by atoms with Crippen molar-refractivity contribution in [2.24, 2.45) is 0 Å². The van der Waals surface area contributed by atoms with Crippen LogP contribution in [0, 0.1) is 0 Å². The molecule has 7 nitrogen and oxygen atoms in total. The van der Waals surface area contributed by atoms with Crippen LogP contribution < -0.4 is 15.6 Å². The average molecular weight is 397 g/mol. The Morgan fingerprint density at radius 2 is 2.07 bits per heavy atom. The summed E-state index contributed by atoms with van der Waals surface area (Å²) in [6.45, 7) is 2.52. The number of hydrogen-bond acceptors (Lipinski definition) is 5. The van der Waals surface area contributed by atoms with Gasteiger partial charge in [0, 0.05) is 12.5 Å². The Bertz CT molecular complexity index is 890. The predicted molar refractivity (Wildman–Crippen MR) is 92.0 cm³/mol. The zero-order valence-electron chi connectivity index (χ0n) is 14.9. The third-order valence-corrected chi connectivity index (χ3v) is 4.20. The van der Waals surface area contributed by atoms with E-state index in [0.29, 0.717) is 25.2 Å². The van der Waals surface area contributed by atoms with E-state index in [4.69, 9.17) is 9.47 Å². The van der Waals surface area contributed by atoms with Crippen LogP contribution in [0.4, 0.5) is 13.2 Å². The molecule has 0 radical (unpaired) electrons. The van der Waals surface area contributed by atoms with Crippen LogP contribution in [0.3, 0.4) is 0 Å². The van der Waals surface area contributed by atoms with Crippen molar-refractivity contribution in [3.8, 4) is 6.01 Å². The largest absolute Gasteiger partial charge is 0.459 e. The van der Waals surface area contributed by atoms with E-state index in [2.05, 4.69) is 15.3 Å². The molecule has 2 aromatic rings. The number of amides is 1. The maximum absolute atomic E-state index is 12.6. The SMILES string of the molecule is CC(NC(=O)c1cc(=O)[nH]c(OC2CCOC2)n1)c1ccc(C(F)(F)F)cc1. The molecule has 1 saturated heterocycles. The molecule has 2 atom stereocenters. The molecule has 2 unspecified atom stereocenters. The van der Waals surface area contributed by atoms with Crippen molar-refractivity contribution in [1.29, 1.82) is 0 Å². The topological polar surface area (TPSA) is 93.3 Å². The number of carbonyl (C=O) groups excluding carboxylic acids is 1. The minimum Gasteiger partial charge on any atom is -0.459 e. The second-order valence-electron chi connectivity index (χ2n) is 6.35. The van der Waals surface area contributed by atoms with Gasteiger partial charge in [-0.2, -0.15) is 18.2 Å². The van der Waals surface area contributed by atoms with Gasteiger partial charge in [0.2, 0.25) is 0 Å². The van der Waals surface area contributed by atoms with Gasteiger partial charge in [-0.05, 0) is 24.6 Å². The highest BCUT2D eigenvalue weighted by atomic mass is 19.4. The van der Waals surface area contributed by atoms with Gasteiger partial charge in [0.15, 0.2) is 0 Å². The Morgan fingerprint density at radius 3 is 2.68 bits per heavy atom. The molecule has 1 aliphatic rings. The van der Waals surface area contributed by atoms with Crippen molar-refractivity contribution in [3.63, 3.8) is 0 Å². The first-order chi connectivity index (χ1) is 13.2. The number of nitrogens with one attached hydrogen (secondary N) is 2. The molecule has 2 N–H and O–H groups in total. The van der Waals surface area contributed by atoms with E-state index in [9.17, 15) is 22.8 Å². The number of carbonyl (C=O) groups is 1. The van der Waals surface area contributed by atoms with Gasteiger partial charge in [0.1, 0.15) is 11.8 Å². The molecule has 0 saturated carbocycles. The van der Waals surface area contributed by atoms with Crippen LogP contribution in [0.1, 0.15) is 41.0 Å². The van der Waals surface area contributed by atoms with E-state index < -0.39 is 29.2 Å². The minimum absolute atomic E-state index is 0.0877. The third-order valence-electron chi connectivity index (χ3n) is 4.20. The van der Waals surface area contributed by atoms with Crippen molar-refractivity contribution >= 4 is 5.91 Å². The highest BCUT2D eigenvalue weighted by Gasteiger charge is 2.30. The number of aromatic nitrogens is 2. The molecular weight excluding hydrogens is 379 g/mol. The van der Waals surface area contributed by atoms with E-state index in [-0.39, 0.29) is 17.8 Å². The van der Waals surface area contributed by atoms with Crippen molar-refractivity contribution in [2.45, 2.75) is 31.7 Å². The molecule has 2 heterocycles. The van der Waals surface area contributed by atoms with Crippen LogP contribution in [0.25, 0.3) is 0 Å². The first-order valence-corrected chi connectivity index (χ1v) is 8.56. The van der Waals surface area contributed by atoms with Gasteiger partial charge in [-0.3, -0.25) is 14.6 Å². The first kappa shape index (κ1) is 19.9. The maximum atomic E-state index is 12.6. The number of benzene rings is 1. The maximum Gasteiger partial charge on any atom is 0.416 e. The van der Waals surface area contributed by atoms with E-state index >= 15 is 0 Å². The fraction of sp³-hybridized carbons (Fsp3) is 0.389. The molecule has 0 spiro atoms. The minimum atomic E-state index is -4.43. The van der Waals surface area contributed by atoms with Crippen molar-refractivity contribution in [3.05, 3.63) is 57.5 Å². The van der Waals surface area contributed by atoms with Crippen LogP contribution in [0.15, 0.2) is 35.1 Å². The number of aromatic amines is 1. The second kappa shape index (κ2) is 8.01. The lowest BCUT2D eigenvalue weighted by molar-refractivity contribution is -0.137. The quantitative estimate of drug-likeness (QED) is 0.809. The van der Waals surface area contributed by atoms with Crippen LogP contribution in [-0.4, -0.2) is 35.2 Å². The van der Waals surface area contributed by atoms with Crippen LogP contribution in [-0.2, 0) is 10.9 Å². The number of ether oxygens (including phenoxy) is 2. The van der Waals surface area contributed by atoms with Crippen LogP contribution in [0.5, 0.6) is 6.01 Å². The lowest BCUT2D eigenvalue weighted by Crippen LogP contribution is -2.29. The van der Waals surface area contributed by atoms with Crippen molar-refractivity contribution in [2.75, 3.05) is 13.2 Å². The van der Waals surface area contributed by atoms with E-state index in [0.717, 1.165) is 18.2 Å². The number of H-pyrrole nitrogens is 1. The summed E-state index contributed by atoms with van der Waals surface area (Å²) in [6, 6.07) is 4.80. The summed E-state index contributed by atoms with van der Waals surface area (Å²) in [6.07, 6.45) is -4.04. The zero-order valence-corrected chi connectivity index (χ0v) is 14.9. The van der Waals surface area contributed by atoms with Gasteiger partial charge in [-0.1, -0.05) is 12.1 Å². The molecule has 1 aromatic carbocycles. The molecule has 3 rings (SSSR count). The summed E-state index contributed by atoms with van der Waals surface area (Å²) in [5.41, 5.74) is -1.01. The molecule has 1 amide bonds. The zero-order chi connectivity index (χ0) is 20.3. The highest BCUT2D eigenvalue weighted by molar-refractivity contribution is 5.92. The van der Waals surface area contributed by atoms with E-state index in [1.807, 2.05) is 0 Å². The van der Waals surface area contributed by atoms with Crippen molar-refractivity contribution < 1.29 is 27.4 Å². The summed E-state index contributed by atoms with van der Waals surface area (Å²) < 4.78 is 48.6. The fourth-order valence-electron chi connectivity index (χ4n) is 2.69. The van der Waals surface area contributed by atoms with Gasteiger partial charge >= 0.3 is 6.18 Å². The van der Waals surface area contributed by atoms with Gasteiger partial charge in [-0.25, -0.2) is 0 Å². The van der Waals surface area contributed by atoms with E-state index in [1.54, 1.807) is 6.92 Å². The van der Waals surface area contributed by atoms with Gasteiger partial charge in [0.25, 0.3) is 17.5 Å². The Labute approximate surface area is 157 Å². The van der Waals surface area contributed by atoms with Gasteiger partial charge in [-0.15, -0.1) is 0 Å². The lowest BCUT2D eigenvalue weighted by atomic mass is 10.1. The number of nitrogens with zero attached hydrogens (tertiary/aromatic N) is 1. The number of rotatable bonds is 5. The second-order valence-corrected chi connectivity index (χ2v) is 6.35. The van der Waals surface area contributed by atoms with Crippen LogP contribution in [0.2, 0.25) is 0 Å². The fourth-order valence-corrected chi connectivity index (χ4v) is 2.69. The summed E-state index contributed by atoms with van der Waals surface area (Å²) in [5, 5.41) is 2.60.